The maximum absolute atomic E-state index is 9.29. The standard InChI is InChI=1S/C4H10O.2K.H4O5P2/c1-2-3-4-5;;;1-6(2)5-7(3)4/h5H,2-4H2,1H3;;;6-7H,(H,1,2)(H,3,4)/q;2*+1;/p-2. The summed E-state index contributed by atoms with van der Waals surface area (Å²) in [6.45, 7) is 2.40. The Bertz CT molecular complexity index is 132. The zero-order valence-corrected chi connectivity index (χ0v) is 16.9. The Morgan fingerprint density at radius 3 is 1.57 bits per heavy atom. The van der Waals surface area contributed by atoms with Gasteiger partial charge in [-0.1, -0.05) is 13.3 Å². The van der Waals surface area contributed by atoms with Gasteiger partial charge in [-0.25, -0.2) is 0 Å². The van der Waals surface area contributed by atoms with Crippen molar-refractivity contribution in [1.82, 2.24) is 0 Å². The summed E-state index contributed by atoms with van der Waals surface area (Å²) in [6.07, 6.45) is 2.04. The van der Waals surface area contributed by atoms with Crippen LogP contribution in [0.5, 0.6) is 0 Å². The minimum absolute atomic E-state index is 0. The van der Waals surface area contributed by atoms with Crippen LogP contribution in [0.3, 0.4) is 0 Å². The Morgan fingerprint density at radius 1 is 1.21 bits per heavy atom. The van der Waals surface area contributed by atoms with E-state index in [1.165, 1.54) is 0 Å². The first-order valence-electron chi connectivity index (χ1n) is 3.25. The smallest absolute Gasteiger partial charge is 0.781 e. The molecule has 0 saturated carbocycles. The van der Waals surface area contributed by atoms with Gasteiger partial charge in [0, 0.05) is 6.61 Å². The molecule has 14 heavy (non-hydrogen) atoms. The fourth-order valence-electron chi connectivity index (χ4n) is 0.226. The van der Waals surface area contributed by atoms with Crippen molar-refractivity contribution in [2.24, 2.45) is 0 Å². The minimum Gasteiger partial charge on any atom is -0.781 e. The van der Waals surface area contributed by atoms with E-state index in [4.69, 9.17) is 5.11 Å². The van der Waals surface area contributed by atoms with Crippen molar-refractivity contribution in [2.75, 3.05) is 6.61 Å². The molecule has 0 aromatic rings. The molecule has 76 valence electrons. The molecule has 10 heteroatoms. The Kier molecular flexibility index (Phi) is 40.8. The van der Waals surface area contributed by atoms with Gasteiger partial charge in [-0.15, -0.1) is 0 Å². The number of aliphatic hydroxyl groups excluding tert-OH is 1. The molecule has 0 fully saturated rings. The molecular weight excluding hydrogens is 284 g/mol. The molecule has 1 N–H and O–H groups in total. The molecule has 0 amide bonds. The molecule has 0 aliphatic carbocycles. The third-order valence-corrected chi connectivity index (χ3v) is 2.01. The second-order valence-electron chi connectivity index (χ2n) is 1.68. The van der Waals surface area contributed by atoms with Crippen LogP contribution in [-0.4, -0.2) is 11.7 Å². The number of hydrogen-bond donors (Lipinski definition) is 1. The van der Waals surface area contributed by atoms with E-state index in [0.29, 0.717) is 6.61 Å². The van der Waals surface area contributed by atoms with Crippen LogP contribution < -0.4 is 113 Å². The maximum Gasteiger partial charge on any atom is 1.00 e. The Balaban J connectivity index is -0.0000000651. The monoisotopic (exact) mass is 296 g/mol. The summed E-state index contributed by atoms with van der Waals surface area (Å²) in [5.74, 6) is 0. The molecule has 2 atom stereocenters. The van der Waals surface area contributed by atoms with E-state index in [-0.39, 0.29) is 103 Å². The first kappa shape index (κ1) is 26.2. The number of unbranched alkanes of at least 4 members (excludes halogenated alkanes) is 1. The van der Waals surface area contributed by atoms with Crippen LogP contribution >= 0.6 is 16.5 Å². The second-order valence-corrected chi connectivity index (χ2v) is 3.50. The summed E-state index contributed by atoms with van der Waals surface area (Å²) in [7, 11) is -7.03. The Morgan fingerprint density at radius 2 is 1.57 bits per heavy atom. The van der Waals surface area contributed by atoms with Crippen molar-refractivity contribution in [2.45, 2.75) is 19.8 Å². The van der Waals surface area contributed by atoms with Gasteiger partial charge >= 0.3 is 103 Å². The molecule has 0 aromatic heterocycles. The molecule has 0 aliphatic rings. The molecule has 0 radical (unpaired) electrons. The number of hydrogen-bond acceptors (Lipinski definition) is 6. The van der Waals surface area contributed by atoms with Crippen LogP contribution in [0.1, 0.15) is 19.8 Å². The van der Waals surface area contributed by atoms with Crippen molar-refractivity contribution >= 4 is 16.5 Å². The van der Waals surface area contributed by atoms with Gasteiger partial charge in [-0.2, -0.15) is 0 Å². The molecule has 0 bridgehead atoms. The SMILES string of the molecule is CCCCO.O=[PH]([O-])O[PH](=O)[O-].[K+].[K+]. The van der Waals surface area contributed by atoms with Crippen molar-refractivity contribution in [3.8, 4) is 0 Å². The average Bonchev–Trinajstić information content (AvgIpc) is 1.87. The van der Waals surface area contributed by atoms with Crippen LogP contribution in [0, 0.1) is 0 Å². The van der Waals surface area contributed by atoms with Gasteiger partial charge in [0.25, 0.3) is 0 Å². The van der Waals surface area contributed by atoms with E-state index >= 15 is 0 Å². The zero-order chi connectivity index (χ0) is 9.98. The van der Waals surface area contributed by atoms with E-state index in [0.717, 1.165) is 12.8 Å². The van der Waals surface area contributed by atoms with E-state index in [9.17, 15) is 18.9 Å². The van der Waals surface area contributed by atoms with E-state index in [1.54, 1.807) is 0 Å². The molecule has 2 unspecified atom stereocenters. The average molecular weight is 296 g/mol. The quantitative estimate of drug-likeness (QED) is 0.408. The van der Waals surface area contributed by atoms with Gasteiger partial charge < -0.3 is 24.0 Å². The normalized spacial score (nSPS) is 12.3. The number of rotatable bonds is 4. The maximum atomic E-state index is 9.29. The molecule has 0 aliphatic heterocycles. The molecular formula is C4H12K2O6P2. The van der Waals surface area contributed by atoms with Crippen molar-refractivity contribution in [3.05, 3.63) is 0 Å². The molecule has 0 saturated heterocycles. The van der Waals surface area contributed by atoms with Gasteiger partial charge in [-0.05, 0) is 6.42 Å². The third kappa shape index (κ3) is 36.1. The number of aliphatic hydroxyl groups is 1. The second kappa shape index (κ2) is 21.8. The first-order valence-corrected chi connectivity index (χ1v) is 5.70. The summed E-state index contributed by atoms with van der Waals surface area (Å²) in [5, 5.41) is 8.07. The molecule has 0 spiro atoms. The van der Waals surface area contributed by atoms with E-state index in [1.807, 2.05) is 0 Å². The van der Waals surface area contributed by atoms with Gasteiger partial charge in [0.15, 0.2) is 0 Å². The largest absolute Gasteiger partial charge is 1.00 e. The van der Waals surface area contributed by atoms with Gasteiger partial charge in [-0.3, -0.25) is 4.31 Å². The third-order valence-electron chi connectivity index (χ3n) is 0.678. The summed E-state index contributed by atoms with van der Waals surface area (Å²) in [5.41, 5.74) is 0. The summed E-state index contributed by atoms with van der Waals surface area (Å²) in [6, 6.07) is 0. The fourth-order valence-corrected chi connectivity index (χ4v) is 0.770. The van der Waals surface area contributed by atoms with Crippen molar-refractivity contribution in [1.29, 1.82) is 0 Å². The van der Waals surface area contributed by atoms with Crippen LogP contribution in [0.25, 0.3) is 0 Å². The van der Waals surface area contributed by atoms with Crippen LogP contribution in [0.2, 0.25) is 0 Å². The van der Waals surface area contributed by atoms with Crippen LogP contribution in [0.15, 0.2) is 0 Å². The zero-order valence-electron chi connectivity index (χ0n) is 8.61. The van der Waals surface area contributed by atoms with Crippen LogP contribution in [-0.2, 0) is 13.4 Å². The summed E-state index contributed by atoms with van der Waals surface area (Å²) >= 11 is 0. The fraction of sp³-hybridized carbons (Fsp3) is 1.00. The molecule has 0 rings (SSSR count). The Hall–Kier alpha value is 3.57. The van der Waals surface area contributed by atoms with Gasteiger partial charge in [0.1, 0.15) is 16.5 Å². The van der Waals surface area contributed by atoms with Crippen LogP contribution in [0.4, 0.5) is 0 Å². The van der Waals surface area contributed by atoms with Crippen molar-refractivity contribution in [3.63, 3.8) is 0 Å². The van der Waals surface area contributed by atoms with Crippen molar-refractivity contribution < 1.29 is 131 Å². The molecule has 0 heterocycles. The molecule has 6 nitrogen and oxygen atoms in total. The van der Waals surface area contributed by atoms with E-state index < -0.39 is 16.5 Å². The molecule has 0 aromatic carbocycles. The predicted molar refractivity (Wildman–Crippen MR) is 41.1 cm³/mol. The predicted octanol–water partition coefficient (Wildman–Crippen LogP) is -6.71. The topological polar surface area (TPSA) is 110 Å². The van der Waals surface area contributed by atoms with E-state index in [2.05, 4.69) is 11.2 Å². The minimum atomic E-state index is -3.51. The summed E-state index contributed by atoms with van der Waals surface area (Å²) < 4.78 is 21.8. The summed E-state index contributed by atoms with van der Waals surface area (Å²) in [4.78, 5) is 18.6. The Labute approximate surface area is 170 Å². The van der Waals surface area contributed by atoms with Gasteiger partial charge in [0.2, 0.25) is 0 Å². The first-order chi connectivity index (χ1) is 5.54. The van der Waals surface area contributed by atoms with Gasteiger partial charge in [0.05, 0.1) is 0 Å².